The number of benzene rings is 1. The predicted octanol–water partition coefficient (Wildman–Crippen LogP) is 1.33. The largest absolute Gasteiger partial charge is 0.369 e. The van der Waals surface area contributed by atoms with Crippen LogP contribution in [0, 0.1) is 5.92 Å². The van der Waals surface area contributed by atoms with Crippen molar-refractivity contribution in [3.8, 4) is 0 Å². The van der Waals surface area contributed by atoms with E-state index in [-0.39, 0.29) is 17.7 Å². The molecule has 0 spiro atoms. The Morgan fingerprint density at radius 2 is 2.08 bits per heavy atom. The third kappa shape index (κ3) is 4.32. The molecule has 0 aliphatic carbocycles. The normalized spacial score (nSPS) is 17.8. The lowest BCUT2D eigenvalue weighted by atomic mass is 9.97. The summed E-state index contributed by atoms with van der Waals surface area (Å²) in [5.74, 6) is -0.835. The zero-order valence-electron chi connectivity index (χ0n) is 13.9. The van der Waals surface area contributed by atoms with Gasteiger partial charge in [0.2, 0.25) is 5.91 Å². The summed E-state index contributed by atoms with van der Waals surface area (Å²) in [4.78, 5) is 25.5. The number of hydrogen-bond donors (Lipinski definition) is 1. The van der Waals surface area contributed by atoms with E-state index in [9.17, 15) is 9.59 Å². The highest BCUT2D eigenvalue weighted by atomic mass is 16.2. The van der Waals surface area contributed by atoms with Crippen molar-refractivity contribution in [2.75, 3.05) is 13.1 Å². The third-order valence-electron chi connectivity index (χ3n) is 4.27. The van der Waals surface area contributed by atoms with Crippen molar-refractivity contribution in [1.29, 1.82) is 0 Å². The maximum atomic E-state index is 12.5. The second-order valence-electron chi connectivity index (χ2n) is 6.13. The van der Waals surface area contributed by atoms with E-state index < -0.39 is 0 Å². The topological polar surface area (TPSA) is 94.1 Å². The number of amides is 2. The molecule has 3 rings (SSSR count). The van der Waals surface area contributed by atoms with Crippen LogP contribution in [0.2, 0.25) is 0 Å². The van der Waals surface area contributed by atoms with Gasteiger partial charge in [-0.1, -0.05) is 47.7 Å². The fraction of sp³-hybridized carbons (Fsp3) is 0.333. The molecule has 1 aromatic carbocycles. The molecule has 2 N–H and O–H groups in total. The molecule has 0 saturated carbocycles. The first kappa shape index (κ1) is 16.9. The van der Waals surface area contributed by atoms with Gasteiger partial charge in [-0.05, 0) is 18.4 Å². The molecule has 2 heterocycles. The number of likely N-dealkylation sites (tertiary alicyclic amines) is 1. The Morgan fingerprint density at radius 1 is 1.28 bits per heavy atom. The molecule has 7 nitrogen and oxygen atoms in total. The van der Waals surface area contributed by atoms with Gasteiger partial charge >= 0.3 is 0 Å². The fourth-order valence-corrected chi connectivity index (χ4v) is 2.90. The maximum absolute atomic E-state index is 12.5. The Morgan fingerprint density at radius 3 is 2.84 bits per heavy atom. The number of piperidine rings is 1. The minimum absolute atomic E-state index is 0.204. The van der Waals surface area contributed by atoms with Gasteiger partial charge in [0.15, 0.2) is 5.69 Å². The van der Waals surface area contributed by atoms with Gasteiger partial charge in [0.05, 0.1) is 18.7 Å². The Labute approximate surface area is 146 Å². The summed E-state index contributed by atoms with van der Waals surface area (Å²) in [5, 5.41) is 7.95. The molecule has 2 amide bonds. The van der Waals surface area contributed by atoms with Crippen LogP contribution in [0.25, 0.3) is 6.08 Å². The van der Waals surface area contributed by atoms with E-state index in [2.05, 4.69) is 10.3 Å². The Balaban J connectivity index is 1.60. The highest BCUT2D eigenvalue weighted by molar-refractivity contribution is 5.92. The quantitative estimate of drug-likeness (QED) is 0.889. The lowest BCUT2D eigenvalue weighted by molar-refractivity contribution is -0.123. The number of nitrogens with zero attached hydrogens (tertiary/aromatic N) is 4. The van der Waals surface area contributed by atoms with E-state index in [0.29, 0.717) is 25.3 Å². The average Bonchev–Trinajstić information content (AvgIpc) is 3.11. The first-order chi connectivity index (χ1) is 12.1. The van der Waals surface area contributed by atoms with Gasteiger partial charge in [0.25, 0.3) is 5.91 Å². The van der Waals surface area contributed by atoms with E-state index in [0.717, 1.165) is 18.4 Å². The molecule has 130 valence electrons. The van der Waals surface area contributed by atoms with Crippen LogP contribution in [0.15, 0.2) is 42.6 Å². The molecule has 0 radical (unpaired) electrons. The molecule has 1 fully saturated rings. The van der Waals surface area contributed by atoms with E-state index in [4.69, 9.17) is 5.73 Å². The van der Waals surface area contributed by atoms with E-state index in [1.807, 2.05) is 42.5 Å². The number of aromatic nitrogens is 3. The van der Waals surface area contributed by atoms with Crippen molar-refractivity contribution < 1.29 is 9.59 Å². The van der Waals surface area contributed by atoms with Crippen molar-refractivity contribution >= 4 is 17.9 Å². The van der Waals surface area contributed by atoms with Crippen LogP contribution in [0.5, 0.6) is 0 Å². The number of carbonyl (C=O) groups excluding carboxylic acids is 2. The van der Waals surface area contributed by atoms with Crippen LogP contribution in [-0.4, -0.2) is 44.8 Å². The summed E-state index contributed by atoms with van der Waals surface area (Å²) in [5.41, 5.74) is 6.75. The molecule has 2 aromatic rings. The Bertz CT molecular complexity index is 769. The van der Waals surface area contributed by atoms with Gasteiger partial charge < -0.3 is 10.6 Å². The molecule has 0 bridgehead atoms. The van der Waals surface area contributed by atoms with Crippen LogP contribution < -0.4 is 5.73 Å². The molecule has 1 unspecified atom stereocenters. The van der Waals surface area contributed by atoms with Gasteiger partial charge in [-0.15, -0.1) is 5.10 Å². The average molecular weight is 339 g/mol. The van der Waals surface area contributed by atoms with E-state index >= 15 is 0 Å². The van der Waals surface area contributed by atoms with Crippen LogP contribution >= 0.6 is 0 Å². The number of allylic oxidation sites excluding steroid dienone is 1. The predicted molar refractivity (Wildman–Crippen MR) is 93.3 cm³/mol. The second-order valence-corrected chi connectivity index (χ2v) is 6.13. The smallest absolute Gasteiger partial charge is 0.276 e. The molecule has 25 heavy (non-hydrogen) atoms. The standard InChI is InChI=1S/C18H21N5O2/c19-17(24)15-9-5-10-22(12-15)18(25)16-13-23(21-20-16)11-4-8-14-6-2-1-3-7-14/h1-4,6-8,13,15H,5,9-12H2,(H2,19,24). The monoisotopic (exact) mass is 339 g/mol. The molecule has 1 saturated heterocycles. The van der Waals surface area contributed by atoms with Gasteiger partial charge in [-0.25, -0.2) is 4.68 Å². The number of rotatable bonds is 5. The van der Waals surface area contributed by atoms with Crippen molar-refractivity contribution in [2.45, 2.75) is 19.4 Å². The highest BCUT2D eigenvalue weighted by Crippen LogP contribution is 2.17. The zero-order chi connectivity index (χ0) is 17.6. The van der Waals surface area contributed by atoms with Gasteiger partial charge in [0, 0.05) is 13.1 Å². The number of hydrogen-bond acceptors (Lipinski definition) is 4. The first-order valence-corrected chi connectivity index (χ1v) is 8.34. The van der Waals surface area contributed by atoms with Crippen LogP contribution in [0.1, 0.15) is 28.9 Å². The molecule has 1 aliphatic rings. The SMILES string of the molecule is NC(=O)C1CCCN(C(=O)c2cn(CC=Cc3ccccc3)nn2)C1. The maximum Gasteiger partial charge on any atom is 0.276 e. The molecular weight excluding hydrogens is 318 g/mol. The molecular formula is C18H21N5O2. The summed E-state index contributed by atoms with van der Waals surface area (Å²) in [7, 11) is 0. The van der Waals surface area contributed by atoms with Gasteiger partial charge in [0.1, 0.15) is 0 Å². The first-order valence-electron chi connectivity index (χ1n) is 8.34. The molecule has 1 aromatic heterocycles. The minimum atomic E-state index is -0.354. The molecule has 7 heteroatoms. The molecule has 1 aliphatic heterocycles. The minimum Gasteiger partial charge on any atom is -0.369 e. The van der Waals surface area contributed by atoms with Crippen molar-refractivity contribution in [1.82, 2.24) is 19.9 Å². The summed E-state index contributed by atoms with van der Waals surface area (Å²) in [6, 6.07) is 9.94. The highest BCUT2D eigenvalue weighted by Gasteiger charge is 2.28. The Kier molecular flexibility index (Phi) is 5.23. The summed E-state index contributed by atoms with van der Waals surface area (Å²) >= 11 is 0. The van der Waals surface area contributed by atoms with Crippen LogP contribution in [-0.2, 0) is 11.3 Å². The van der Waals surface area contributed by atoms with Crippen LogP contribution in [0.3, 0.4) is 0 Å². The lowest BCUT2D eigenvalue weighted by Crippen LogP contribution is -2.44. The summed E-state index contributed by atoms with van der Waals surface area (Å²) in [6.07, 6.45) is 7.09. The third-order valence-corrected chi connectivity index (χ3v) is 4.27. The summed E-state index contributed by atoms with van der Waals surface area (Å²) in [6.45, 7) is 1.50. The Hall–Kier alpha value is -2.96. The van der Waals surface area contributed by atoms with Gasteiger partial charge in [-0.3, -0.25) is 9.59 Å². The van der Waals surface area contributed by atoms with E-state index in [1.165, 1.54) is 0 Å². The second kappa shape index (κ2) is 7.74. The number of primary amides is 1. The fourth-order valence-electron chi connectivity index (χ4n) is 2.90. The van der Waals surface area contributed by atoms with Crippen molar-refractivity contribution in [3.63, 3.8) is 0 Å². The van der Waals surface area contributed by atoms with E-state index in [1.54, 1.807) is 15.8 Å². The number of nitrogens with two attached hydrogens (primary N) is 1. The molecule has 1 atom stereocenters. The zero-order valence-corrected chi connectivity index (χ0v) is 13.9. The van der Waals surface area contributed by atoms with Crippen molar-refractivity contribution in [2.24, 2.45) is 11.7 Å². The lowest BCUT2D eigenvalue weighted by Gasteiger charge is -2.30. The summed E-state index contributed by atoms with van der Waals surface area (Å²) < 4.78 is 1.61. The van der Waals surface area contributed by atoms with Crippen molar-refractivity contribution in [3.05, 3.63) is 53.9 Å². The van der Waals surface area contributed by atoms with Gasteiger partial charge in [-0.2, -0.15) is 0 Å². The van der Waals surface area contributed by atoms with Crippen LogP contribution in [0.4, 0.5) is 0 Å². The number of carbonyl (C=O) groups is 2.